The Bertz CT molecular complexity index is 1470. The normalized spacial score (nSPS) is 10.3. The third-order valence-corrected chi connectivity index (χ3v) is 5.24. The van der Waals surface area contributed by atoms with Crippen molar-refractivity contribution in [3.05, 3.63) is 47.5 Å². The fraction of sp³-hybridized carbons (Fsp3) is 0.438. The SMILES string of the molecule is CC(C)(C)OC(=O)N=C(N)N.COc1ccc(CC(=O)Cl)cc1OC.COc1ccc(CC(=O)NC(=N)NC(=O)OC(C)(C)C)cc1OC. The number of carbonyl (C=O) groups excluding carboxylic acids is 4. The average Bonchev–Trinajstić information content (AvgIpc) is 2.94. The molecule has 0 radical (unpaired) electrons. The molecule has 49 heavy (non-hydrogen) atoms. The predicted molar refractivity (Wildman–Crippen MR) is 185 cm³/mol. The molecule has 0 saturated carbocycles. The van der Waals surface area contributed by atoms with Crippen molar-refractivity contribution in [1.82, 2.24) is 10.6 Å². The van der Waals surface area contributed by atoms with Gasteiger partial charge in [0, 0.05) is 6.42 Å². The van der Waals surface area contributed by atoms with Gasteiger partial charge in [0.15, 0.2) is 29.0 Å². The summed E-state index contributed by atoms with van der Waals surface area (Å²) in [5.74, 6) is 1.10. The summed E-state index contributed by atoms with van der Waals surface area (Å²) < 4.78 is 30.2. The number of benzene rings is 2. The number of guanidine groups is 2. The number of hydrogen-bond acceptors (Lipinski definition) is 11. The van der Waals surface area contributed by atoms with Gasteiger partial charge in [-0.3, -0.25) is 25.6 Å². The van der Waals surface area contributed by atoms with E-state index < -0.39 is 40.5 Å². The van der Waals surface area contributed by atoms with E-state index in [-0.39, 0.29) is 18.8 Å². The van der Waals surface area contributed by atoms with E-state index in [4.69, 9.17) is 56.9 Å². The minimum atomic E-state index is -0.807. The molecule has 17 heteroatoms. The molecule has 0 fully saturated rings. The molecule has 0 aromatic heterocycles. The summed E-state index contributed by atoms with van der Waals surface area (Å²) in [7, 11) is 6.13. The highest BCUT2D eigenvalue weighted by molar-refractivity contribution is 6.63. The van der Waals surface area contributed by atoms with Crippen molar-refractivity contribution >= 4 is 46.9 Å². The summed E-state index contributed by atoms with van der Waals surface area (Å²) in [6.45, 7) is 10.3. The van der Waals surface area contributed by atoms with Crippen molar-refractivity contribution in [3.63, 3.8) is 0 Å². The molecule has 0 aliphatic heterocycles. The van der Waals surface area contributed by atoms with E-state index in [2.05, 4.69) is 15.6 Å². The maximum Gasteiger partial charge on any atom is 0.437 e. The number of alkyl carbamates (subject to hydrolysis) is 1. The summed E-state index contributed by atoms with van der Waals surface area (Å²) in [4.78, 5) is 48.0. The molecule has 2 rings (SSSR count). The fourth-order valence-electron chi connectivity index (χ4n) is 3.34. The van der Waals surface area contributed by atoms with Crippen molar-refractivity contribution < 1.29 is 47.6 Å². The van der Waals surface area contributed by atoms with E-state index in [0.29, 0.717) is 28.6 Å². The average molecular weight is 711 g/mol. The Balaban J connectivity index is 0.000000779. The maximum absolute atomic E-state index is 11.9. The topological polar surface area (TPSA) is 236 Å². The minimum Gasteiger partial charge on any atom is -0.493 e. The van der Waals surface area contributed by atoms with Crippen LogP contribution in [0.4, 0.5) is 9.59 Å². The van der Waals surface area contributed by atoms with Crippen LogP contribution in [0.25, 0.3) is 0 Å². The summed E-state index contributed by atoms with van der Waals surface area (Å²) in [6.07, 6.45) is -1.36. The molecule has 0 spiro atoms. The third-order valence-electron chi connectivity index (χ3n) is 5.11. The first kappa shape index (κ1) is 43.8. The molecule has 2 aromatic carbocycles. The highest BCUT2D eigenvalue weighted by Gasteiger charge is 2.18. The van der Waals surface area contributed by atoms with Crippen LogP contribution in [0.1, 0.15) is 52.7 Å². The van der Waals surface area contributed by atoms with E-state index in [1.807, 2.05) is 0 Å². The van der Waals surface area contributed by atoms with E-state index in [0.717, 1.165) is 5.56 Å². The lowest BCUT2D eigenvalue weighted by Gasteiger charge is -2.19. The number of carbonyl (C=O) groups is 4. The number of halogens is 1. The molecule has 0 heterocycles. The molecular weight excluding hydrogens is 664 g/mol. The lowest BCUT2D eigenvalue weighted by atomic mass is 10.1. The van der Waals surface area contributed by atoms with Gasteiger partial charge in [0.1, 0.15) is 11.2 Å². The van der Waals surface area contributed by atoms with E-state index in [1.54, 1.807) is 92.2 Å². The van der Waals surface area contributed by atoms with Crippen LogP contribution in [0.2, 0.25) is 0 Å². The van der Waals surface area contributed by atoms with Gasteiger partial charge in [0.2, 0.25) is 17.1 Å². The van der Waals surface area contributed by atoms with Gasteiger partial charge >= 0.3 is 12.2 Å². The maximum atomic E-state index is 11.9. The van der Waals surface area contributed by atoms with Crippen LogP contribution < -0.4 is 41.0 Å². The minimum absolute atomic E-state index is 0.0126. The fourth-order valence-corrected chi connectivity index (χ4v) is 3.49. The summed E-state index contributed by atoms with van der Waals surface area (Å²) in [6, 6.07) is 10.3. The van der Waals surface area contributed by atoms with E-state index in [9.17, 15) is 19.2 Å². The quantitative estimate of drug-likeness (QED) is 0.148. The number of aliphatic imine (C=N–C) groups is 1. The Labute approximate surface area is 291 Å². The van der Waals surface area contributed by atoms with Gasteiger partial charge in [-0.2, -0.15) is 0 Å². The second kappa shape index (κ2) is 20.9. The summed E-state index contributed by atoms with van der Waals surface area (Å²) in [5.41, 5.74) is 10.1. The molecule has 0 atom stereocenters. The monoisotopic (exact) mass is 710 g/mol. The zero-order valence-electron chi connectivity index (χ0n) is 29.4. The standard InChI is InChI=1S/C16H23N3O5.C10H11ClO3.C6H13N3O2/c1-16(2,3)24-15(21)19-14(17)18-13(20)9-10-6-7-11(22-4)12(8-10)23-5;1-13-8-4-3-7(6-10(11)12)5-9(8)14-2;1-6(2,3)11-5(10)9-4(7)8/h6-8H,9H2,1-5H3,(H3,17,18,19,20,21);3-5H,6H2,1-2H3;1-3H3,(H4,7,8,9,10). The molecule has 0 unspecified atom stereocenters. The van der Waals surface area contributed by atoms with Crippen molar-refractivity contribution in [3.8, 4) is 23.0 Å². The molecular formula is C32H47ClN6O10. The van der Waals surface area contributed by atoms with Crippen molar-refractivity contribution in [2.45, 2.75) is 65.6 Å². The number of rotatable bonds is 8. The smallest absolute Gasteiger partial charge is 0.437 e. The Morgan fingerprint density at radius 1 is 0.714 bits per heavy atom. The number of nitrogens with one attached hydrogen (secondary N) is 3. The molecule has 0 aliphatic rings. The lowest BCUT2D eigenvalue weighted by molar-refractivity contribution is -0.119. The van der Waals surface area contributed by atoms with E-state index in [1.165, 1.54) is 14.2 Å². The van der Waals surface area contributed by atoms with Gasteiger partial charge in [-0.25, -0.2) is 9.59 Å². The predicted octanol–water partition coefficient (Wildman–Crippen LogP) is 4.03. The highest BCUT2D eigenvalue weighted by Crippen LogP contribution is 2.28. The zero-order chi connectivity index (χ0) is 37.9. The van der Waals surface area contributed by atoms with Gasteiger partial charge in [-0.15, -0.1) is 4.99 Å². The number of nitrogens with two attached hydrogens (primary N) is 2. The highest BCUT2D eigenvalue weighted by atomic mass is 35.5. The van der Waals surface area contributed by atoms with Crippen molar-refractivity contribution in [2.75, 3.05) is 28.4 Å². The van der Waals surface area contributed by atoms with Crippen LogP contribution in [0.3, 0.4) is 0 Å². The van der Waals surface area contributed by atoms with Crippen LogP contribution in [0.15, 0.2) is 41.4 Å². The largest absolute Gasteiger partial charge is 0.493 e. The number of hydrogen-bond donors (Lipinski definition) is 5. The number of ether oxygens (including phenoxy) is 6. The Morgan fingerprint density at radius 2 is 1.14 bits per heavy atom. The molecule has 16 nitrogen and oxygen atoms in total. The van der Waals surface area contributed by atoms with Crippen LogP contribution in [-0.4, -0.2) is 74.9 Å². The van der Waals surface area contributed by atoms with Crippen LogP contribution in [-0.2, 0) is 31.9 Å². The molecule has 3 amide bonds. The summed E-state index contributed by atoms with van der Waals surface area (Å²) in [5, 5.41) is 11.6. The van der Waals surface area contributed by atoms with Gasteiger partial charge in [-0.1, -0.05) is 12.1 Å². The second-order valence-electron chi connectivity index (χ2n) is 11.7. The molecule has 0 saturated heterocycles. The molecule has 2 aromatic rings. The summed E-state index contributed by atoms with van der Waals surface area (Å²) >= 11 is 5.27. The van der Waals surface area contributed by atoms with Gasteiger partial charge < -0.3 is 39.9 Å². The van der Waals surface area contributed by atoms with Crippen molar-refractivity contribution in [1.29, 1.82) is 5.41 Å². The van der Waals surface area contributed by atoms with Gasteiger partial charge in [0.25, 0.3) is 0 Å². The molecule has 0 bridgehead atoms. The van der Waals surface area contributed by atoms with Crippen LogP contribution >= 0.6 is 11.6 Å². The number of nitrogens with zero attached hydrogens (tertiary/aromatic N) is 1. The van der Waals surface area contributed by atoms with Crippen LogP contribution in [0.5, 0.6) is 23.0 Å². The van der Waals surface area contributed by atoms with Crippen molar-refractivity contribution in [2.24, 2.45) is 16.5 Å². The first-order valence-electron chi connectivity index (χ1n) is 14.4. The van der Waals surface area contributed by atoms with Gasteiger partial charge in [-0.05, 0) is 88.5 Å². The third kappa shape index (κ3) is 20.6. The zero-order valence-corrected chi connectivity index (χ0v) is 30.2. The number of methoxy groups -OCH3 is 4. The second-order valence-corrected chi connectivity index (χ2v) is 12.1. The van der Waals surface area contributed by atoms with Gasteiger partial charge in [0.05, 0.1) is 34.9 Å². The van der Waals surface area contributed by atoms with E-state index >= 15 is 0 Å². The molecule has 7 N–H and O–H groups in total. The Hall–Kier alpha value is -5.25. The number of amides is 3. The lowest BCUT2D eigenvalue weighted by Crippen LogP contribution is -2.45. The first-order chi connectivity index (χ1) is 22.6. The molecule has 272 valence electrons. The Kier molecular flexibility index (Phi) is 18.6. The van der Waals surface area contributed by atoms with Crippen LogP contribution in [0, 0.1) is 5.41 Å². The molecule has 0 aliphatic carbocycles. The Morgan fingerprint density at radius 3 is 1.51 bits per heavy atom. The first-order valence-corrected chi connectivity index (χ1v) is 14.8.